The molecule has 0 aliphatic carbocycles. The number of nitrogens with one attached hydrogen (secondary N) is 1. The molecule has 0 bridgehead atoms. The van der Waals surface area contributed by atoms with Crippen molar-refractivity contribution in [3.8, 4) is 11.8 Å². The summed E-state index contributed by atoms with van der Waals surface area (Å²) in [5.74, 6) is 4.71. The fourth-order valence-corrected chi connectivity index (χ4v) is 1.60. The van der Waals surface area contributed by atoms with E-state index >= 15 is 0 Å². The van der Waals surface area contributed by atoms with Crippen molar-refractivity contribution in [2.75, 3.05) is 13.1 Å². The van der Waals surface area contributed by atoms with Gasteiger partial charge in [0.1, 0.15) is 5.82 Å². The van der Waals surface area contributed by atoms with Crippen molar-refractivity contribution in [2.45, 2.75) is 6.42 Å². The van der Waals surface area contributed by atoms with Gasteiger partial charge in [0.15, 0.2) is 5.82 Å². The highest BCUT2D eigenvalue weighted by Crippen LogP contribution is 2.09. The van der Waals surface area contributed by atoms with Crippen LogP contribution < -0.4 is 11.1 Å². The molecule has 0 radical (unpaired) electrons. The Bertz CT molecular complexity index is 674. The van der Waals surface area contributed by atoms with Crippen LogP contribution in [0, 0.1) is 17.7 Å². The molecular weight excluding hydrogens is 275 g/mol. The highest BCUT2D eigenvalue weighted by Gasteiger charge is 2.09. The minimum Gasteiger partial charge on any atom is -0.352 e. The summed E-state index contributed by atoms with van der Waals surface area (Å²) in [6.45, 7) is 0.479. The van der Waals surface area contributed by atoms with Gasteiger partial charge in [-0.25, -0.2) is 4.39 Å². The number of benzene rings is 1. The van der Waals surface area contributed by atoms with Crippen LogP contribution >= 0.6 is 0 Å². The molecule has 21 heavy (non-hydrogen) atoms. The zero-order chi connectivity index (χ0) is 15.1. The van der Waals surface area contributed by atoms with E-state index in [1.165, 1.54) is 18.5 Å². The van der Waals surface area contributed by atoms with Crippen LogP contribution in [-0.4, -0.2) is 29.1 Å². The largest absolute Gasteiger partial charge is 0.352 e. The third-order valence-corrected chi connectivity index (χ3v) is 2.60. The lowest BCUT2D eigenvalue weighted by atomic mass is 10.1. The molecular formula is C14H13FN4O2. The van der Waals surface area contributed by atoms with Crippen LogP contribution in [0.1, 0.15) is 21.7 Å². The Kier molecular flexibility index (Phi) is 5.01. The molecule has 0 saturated carbocycles. The molecule has 0 spiro atoms. The monoisotopic (exact) mass is 288 g/mol. The minimum atomic E-state index is -0.554. The van der Waals surface area contributed by atoms with Crippen molar-refractivity contribution >= 4 is 5.91 Å². The normalized spacial score (nSPS) is 9.81. The first-order valence-electron chi connectivity index (χ1n) is 6.22. The molecule has 0 aliphatic rings. The molecule has 7 heteroatoms. The van der Waals surface area contributed by atoms with E-state index in [0.717, 1.165) is 6.07 Å². The molecule has 1 aromatic heterocycles. The number of carbonyl (C=O) groups excluding carboxylic acids is 1. The Labute approximate surface area is 120 Å². The summed E-state index contributed by atoms with van der Waals surface area (Å²) in [6.07, 6.45) is 1.65. The first-order valence-corrected chi connectivity index (χ1v) is 6.22. The second-order valence-electron chi connectivity index (χ2n) is 4.05. The number of aromatic nitrogens is 2. The lowest BCUT2D eigenvalue weighted by molar-refractivity contribution is 0.0953. The average Bonchev–Trinajstić information content (AvgIpc) is 2.99. The number of carbonyl (C=O) groups is 1. The van der Waals surface area contributed by atoms with E-state index in [9.17, 15) is 9.18 Å². The van der Waals surface area contributed by atoms with Crippen LogP contribution in [0.2, 0.25) is 0 Å². The zero-order valence-corrected chi connectivity index (χ0v) is 11.1. The van der Waals surface area contributed by atoms with Crippen LogP contribution in [-0.2, 0) is 6.42 Å². The van der Waals surface area contributed by atoms with E-state index in [2.05, 4.69) is 31.8 Å². The fourth-order valence-electron chi connectivity index (χ4n) is 1.60. The molecule has 0 unspecified atom stereocenters. The van der Waals surface area contributed by atoms with E-state index in [-0.39, 0.29) is 23.6 Å². The van der Waals surface area contributed by atoms with Gasteiger partial charge in [-0.3, -0.25) is 4.79 Å². The number of rotatable bonds is 4. The number of halogens is 1. The summed E-state index contributed by atoms with van der Waals surface area (Å²) < 4.78 is 18.3. The number of nitrogens with zero attached hydrogens (tertiary/aromatic N) is 2. The predicted molar refractivity (Wildman–Crippen MR) is 72.7 cm³/mol. The van der Waals surface area contributed by atoms with Crippen molar-refractivity contribution in [3.63, 3.8) is 0 Å². The highest BCUT2D eigenvalue weighted by atomic mass is 19.1. The molecule has 3 N–H and O–H groups in total. The maximum absolute atomic E-state index is 13.7. The predicted octanol–water partition coefficient (Wildman–Crippen LogP) is 0.491. The number of hydrogen-bond donors (Lipinski definition) is 2. The summed E-state index contributed by atoms with van der Waals surface area (Å²) in [5, 5.41) is 6.26. The molecule has 0 saturated heterocycles. The van der Waals surface area contributed by atoms with Gasteiger partial charge >= 0.3 is 0 Å². The van der Waals surface area contributed by atoms with Crippen LogP contribution in [0.3, 0.4) is 0 Å². The van der Waals surface area contributed by atoms with E-state index in [1.807, 2.05) is 0 Å². The van der Waals surface area contributed by atoms with Crippen LogP contribution in [0.15, 0.2) is 29.1 Å². The number of amides is 1. The summed E-state index contributed by atoms with van der Waals surface area (Å²) in [7, 11) is 0. The lowest BCUT2D eigenvalue weighted by Gasteiger charge is -2.04. The molecule has 1 aromatic carbocycles. The topological polar surface area (TPSA) is 94.0 Å². The van der Waals surface area contributed by atoms with Gasteiger partial charge in [0, 0.05) is 18.5 Å². The van der Waals surface area contributed by atoms with Gasteiger partial charge in [0.05, 0.1) is 12.1 Å². The second kappa shape index (κ2) is 7.17. The zero-order valence-electron chi connectivity index (χ0n) is 11.1. The van der Waals surface area contributed by atoms with Crippen LogP contribution in [0.4, 0.5) is 4.39 Å². The Morgan fingerprint density at radius 3 is 3.00 bits per heavy atom. The Balaban J connectivity index is 1.94. The van der Waals surface area contributed by atoms with Crippen molar-refractivity contribution in [1.82, 2.24) is 15.5 Å². The first kappa shape index (κ1) is 14.7. The summed E-state index contributed by atoms with van der Waals surface area (Å²) in [5.41, 5.74) is 5.66. The summed E-state index contributed by atoms with van der Waals surface area (Å²) in [6, 6.07) is 4.10. The van der Waals surface area contributed by atoms with Gasteiger partial charge in [0.2, 0.25) is 6.39 Å². The Morgan fingerprint density at radius 1 is 1.48 bits per heavy atom. The van der Waals surface area contributed by atoms with Crippen molar-refractivity contribution in [1.29, 1.82) is 0 Å². The standard InChI is InChI=1S/C14H13FN4O2/c15-12-8-11(4-3-10(12)2-1-6-16)14(20)17-7-5-13-18-9-21-19-13/h3-4,8-9H,5-7,16H2,(H,17,20). The third-order valence-electron chi connectivity index (χ3n) is 2.60. The molecule has 1 amide bonds. The quantitative estimate of drug-likeness (QED) is 0.799. The lowest BCUT2D eigenvalue weighted by Crippen LogP contribution is -2.26. The van der Waals surface area contributed by atoms with Gasteiger partial charge in [-0.15, -0.1) is 0 Å². The molecule has 2 aromatic rings. The van der Waals surface area contributed by atoms with Gasteiger partial charge in [0.25, 0.3) is 5.91 Å². The number of hydrogen-bond acceptors (Lipinski definition) is 5. The van der Waals surface area contributed by atoms with E-state index in [4.69, 9.17) is 5.73 Å². The van der Waals surface area contributed by atoms with E-state index in [0.29, 0.717) is 18.8 Å². The van der Waals surface area contributed by atoms with Gasteiger partial charge in [-0.2, -0.15) is 4.98 Å². The van der Waals surface area contributed by atoms with Crippen LogP contribution in [0.5, 0.6) is 0 Å². The smallest absolute Gasteiger partial charge is 0.251 e. The maximum Gasteiger partial charge on any atom is 0.251 e. The van der Waals surface area contributed by atoms with Crippen LogP contribution in [0.25, 0.3) is 0 Å². The molecule has 0 fully saturated rings. The van der Waals surface area contributed by atoms with Gasteiger partial charge < -0.3 is 15.6 Å². The van der Waals surface area contributed by atoms with E-state index < -0.39 is 5.82 Å². The first-order chi connectivity index (χ1) is 10.2. The SMILES string of the molecule is NCC#Cc1ccc(C(=O)NCCc2ncon2)cc1F. The molecule has 0 aliphatic heterocycles. The Morgan fingerprint density at radius 2 is 2.33 bits per heavy atom. The third kappa shape index (κ3) is 4.12. The highest BCUT2D eigenvalue weighted by molar-refractivity contribution is 5.94. The van der Waals surface area contributed by atoms with Crippen molar-refractivity contribution in [2.24, 2.45) is 5.73 Å². The maximum atomic E-state index is 13.7. The van der Waals surface area contributed by atoms with Gasteiger partial charge in [-0.1, -0.05) is 17.0 Å². The summed E-state index contributed by atoms with van der Waals surface area (Å²) in [4.78, 5) is 15.7. The molecule has 0 atom stereocenters. The van der Waals surface area contributed by atoms with Crippen molar-refractivity contribution < 1.29 is 13.7 Å². The molecule has 2 rings (SSSR count). The number of nitrogens with two attached hydrogens (primary N) is 1. The fraction of sp³-hybridized carbons (Fsp3) is 0.214. The van der Waals surface area contributed by atoms with Gasteiger partial charge in [-0.05, 0) is 18.2 Å². The molecule has 6 nitrogen and oxygen atoms in total. The molecule has 1 heterocycles. The summed E-state index contributed by atoms with van der Waals surface area (Å²) >= 11 is 0. The van der Waals surface area contributed by atoms with Crippen molar-refractivity contribution in [3.05, 3.63) is 47.4 Å². The second-order valence-corrected chi connectivity index (χ2v) is 4.05. The molecule has 108 valence electrons. The Hall–Kier alpha value is -2.72. The minimum absolute atomic E-state index is 0.151. The average molecular weight is 288 g/mol. The van der Waals surface area contributed by atoms with E-state index in [1.54, 1.807) is 0 Å².